The third-order valence-electron chi connectivity index (χ3n) is 3.18. The number of aliphatic hydroxyl groups excluding tert-OH is 1. The summed E-state index contributed by atoms with van der Waals surface area (Å²) in [5, 5.41) is 7.96. The highest BCUT2D eigenvalue weighted by Crippen LogP contribution is 2.29. The van der Waals surface area contributed by atoms with Gasteiger partial charge < -0.3 is 10.0 Å². The minimum absolute atomic E-state index is 0.215. The van der Waals surface area contributed by atoms with Crippen molar-refractivity contribution in [2.24, 2.45) is 0 Å². The standard InChI is InChI=1S/C12H14FNO4S/c1-8-2-3-11(9(4-8)7-15)14-6-10(5-12(14)16)19(13,17)18/h2-4,10,15H,5-7H2,1H3. The molecule has 0 radical (unpaired) electrons. The number of nitrogens with zero attached hydrogens (tertiary/aromatic N) is 1. The molecule has 1 aliphatic rings. The molecular formula is C12H14FNO4S. The molecule has 7 heteroatoms. The molecule has 0 aromatic heterocycles. The first kappa shape index (κ1) is 14.0. The van der Waals surface area contributed by atoms with E-state index in [-0.39, 0.29) is 19.6 Å². The van der Waals surface area contributed by atoms with Crippen LogP contribution in [0.1, 0.15) is 17.5 Å². The molecule has 0 bridgehead atoms. The molecule has 1 atom stereocenters. The van der Waals surface area contributed by atoms with E-state index in [0.717, 1.165) is 5.56 Å². The van der Waals surface area contributed by atoms with Crippen LogP contribution in [0.3, 0.4) is 0 Å². The van der Waals surface area contributed by atoms with Crippen molar-refractivity contribution in [3.63, 3.8) is 0 Å². The molecule has 0 spiro atoms. The number of rotatable bonds is 3. The second-order valence-corrected chi connectivity index (χ2v) is 6.21. The highest BCUT2D eigenvalue weighted by Gasteiger charge is 2.39. The Labute approximate surface area is 110 Å². The monoisotopic (exact) mass is 287 g/mol. The van der Waals surface area contributed by atoms with Crippen LogP contribution in [0.4, 0.5) is 9.57 Å². The summed E-state index contributed by atoms with van der Waals surface area (Å²) >= 11 is 0. The molecule has 1 aromatic carbocycles. The van der Waals surface area contributed by atoms with E-state index in [4.69, 9.17) is 0 Å². The number of carbonyl (C=O) groups excluding carboxylic acids is 1. The molecule has 1 unspecified atom stereocenters. The third-order valence-corrected chi connectivity index (χ3v) is 4.30. The van der Waals surface area contributed by atoms with Crippen LogP contribution in [-0.4, -0.2) is 31.2 Å². The fourth-order valence-corrected chi connectivity index (χ4v) is 2.87. The van der Waals surface area contributed by atoms with Gasteiger partial charge in [-0.25, -0.2) is 0 Å². The van der Waals surface area contributed by atoms with E-state index in [1.54, 1.807) is 18.2 Å². The fourth-order valence-electron chi connectivity index (χ4n) is 2.20. The molecule has 1 fully saturated rings. The Bertz CT molecular complexity index is 614. The molecule has 104 valence electrons. The molecule has 19 heavy (non-hydrogen) atoms. The van der Waals surface area contributed by atoms with E-state index in [1.807, 2.05) is 6.92 Å². The summed E-state index contributed by atoms with van der Waals surface area (Å²) in [6, 6.07) is 5.09. The van der Waals surface area contributed by atoms with Crippen LogP contribution in [0.15, 0.2) is 18.2 Å². The Morgan fingerprint density at radius 1 is 1.47 bits per heavy atom. The summed E-state index contributed by atoms with van der Waals surface area (Å²) in [6.07, 6.45) is -0.364. The van der Waals surface area contributed by atoms with Crippen LogP contribution in [0, 0.1) is 6.92 Å². The van der Waals surface area contributed by atoms with Crippen LogP contribution >= 0.6 is 0 Å². The normalized spacial score (nSPS) is 20.1. The van der Waals surface area contributed by atoms with Crippen LogP contribution in [0.25, 0.3) is 0 Å². The van der Waals surface area contributed by atoms with Crippen molar-refractivity contribution >= 4 is 21.8 Å². The Morgan fingerprint density at radius 2 is 2.16 bits per heavy atom. The van der Waals surface area contributed by atoms with Crippen LogP contribution < -0.4 is 4.90 Å². The summed E-state index contributed by atoms with van der Waals surface area (Å²) in [5.41, 5.74) is 1.86. The van der Waals surface area contributed by atoms with Crippen molar-refractivity contribution in [3.8, 4) is 0 Å². The van der Waals surface area contributed by atoms with E-state index in [2.05, 4.69) is 0 Å². The first-order valence-corrected chi connectivity index (χ1v) is 7.22. The molecular weight excluding hydrogens is 273 g/mol. The average Bonchev–Trinajstić information content (AvgIpc) is 2.71. The smallest absolute Gasteiger partial charge is 0.307 e. The van der Waals surface area contributed by atoms with E-state index in [1.165, 1.54) is 4.90 Å². The number of halogens is 1. The molecule has 0 aliphatic carbocycles. The topological polar surface area (TPSA) is 74.7 Å². The van der Waals surface area contributed by atoms with Crippen molar-refractivity contribution < 1.29 is 22.2 Å². The van der Waals surface area contributed by atoms with Gasteiger partial charge in [-0.3, -0.25) is 4.79 Å². The predicted octanol–water partition coefficient (Wildman–Crippen LogP) is 0.892. The van der Waals surface area contributed by atoms with Gasteiger partial charge in [0.1, 0.15) is 5.25 Å². The van der Waals surface area contributed by atoms with E-state index in [9.17, 15) is 22.2 Å². The lowest BCUT2D eigenvalue weighted by Crippen LogP contribution is -2.27. The summed E-state index contributed by atoms with van der Waals surface area (Å²) in [6.45, 7) is 1.35. The number of aliphatic hydroxyl groups is 1. The van der Waals surface area contributed by atoms with Gasteiger partial charge in [0.2, 0.25) is 5.91 Å². The lowest BCUT2D eigenvalue weighted by atomic mass is 10.1. The molecule has 5 nitrogen and oxygen atoms in total. The van der Waals surface area contributed by atoms with Gasteiger partial charge in [0.25, 0.3) is 0 Å². The summed E-state index contributed by atoms with van der Waals surface area (Å²) < 4.78 is 34.7. The first-order valence-electron chi connectivity index (χ1n) is 5.77. The molecule has 2 rings (SSSR count). The second-order valence-electron chi connectivity index (χ2n) is 4.60. The van der Waals surface area contributed by atoms with Gasteiger partial charge in [-0.1, -0.05) is 17.7 Å². The number of aryl methyl sites for hydroxylation is 1. The summed E-state index contributed by atoms with van der Waals surface area (Å²) in [5.74, 6) is -0.454. The molecule has 1 N–H and O–H groups in total. The lowest BCUT2D eigenvalue weighted by Gasteiger charge is -2.19. The molecule has 1 saturated heterocycles. The van der Waals surface area contributed by atoms with Crippen molar-refractivity contribution in [1.82, 2.24) is 0 Å². The SMILES string of the molecule is Cc1ccc(N2CC(S(=O)(=O)F)CC2=O)c(CO)c1. The average molecular weight is 287 g/mol. The highest BCUT2D eigenvalue weighted by molar-refractivity contribution is 7.87. The summed E-state index contributed by atoms with van der Waals surface area (Å²) in [4.78, 5) is 13.0. The van der Waals surface area contributed by atoms with Crippen LogP contribution in [-0.2, 0) is 21.6 Å². The van der Waals surface area contributed by atoms with Gasteiger partial charge in [-0.15, -0.1) is 3.89 Å². The van der Waals surface area contributed by atoms with Crippen LogP contribution in [0.2, 0.25) is 0 Å². The number of carbonyl (C=O) groups is 1. The zero-order chi connectivity index (χ0) is 14.2. The minimum atomic E-state index is -4.73. The zero-order valence-electron chi connectivity index (χ0n) is 10.3. The number of anilines is 1. The maximum absolute atomic E-state index is 12.9. The first-order chi connectivity index (χ1) is 8.82. The fraction of sp³-hybridized carbons (Fsp3) is 0.417. The molecule has 0 saturated carbocycles. The minimum Gasteiger partial charge on any atom is -0.392 e. The molecule has 1 aliphatic heterocycles. The maximum Gasteiger partial charge on any atom is 0.307 e. The molecule has 1 aromatic rings. The Morgan fingerprint density at radius 3 is 2.68 bits per heavy atom. The quantitative estimate of drug-likeness (QED) is 0.838. The van der Waals surface area contributed by atoms with Gasteiger partial charge >= 0.3 is 10.2 Å². The van der Waals surface area contributed by atoms with E-state index < -0.39 is 21.4 Å². The van der Waals surface area contributed by atoms with Gasteiger partial charge in [-0.05, 0) is 13.0 Å². The maximum atomic E-state index is 12.9. The third kappa shape index (κ3) is 2.76. The number of hydrogen-bond acceptors (Lipinski definition) is 4. The summed E-state index contributed by atoms with van der Waals surface area (Å²) in [7, 11) is -4.73. The molecule has 1 heterocycles. The van der Waals surface area contributed by atoms with E-state index >= 15 is 0 Å². The van der Waals surface area contributed by atoms with Crippen molar-refractivity contribution in [3.05, 3.63) is 29.3 Å². The largest absolute Gasteiger partial charge is 0.392 e. The Balaban J connectivity index is 2.36. The van der Waals surface area contributed by atoms with Crippen molar-refractivity contribution in [2.75, 3.05) is 11.4 Å². The predicted molar refractivity (Wildman–Crippen MR) is 67.9 cm³/mol. The van der Waals surface area contributed by atoms with Crippen LogP contribution in [0.5, 0.6) is 0 Å². The number of benzene rings is 1. The zero-order valence-corrected chi connectivity index (χ0v) is 11.2. The Hall–Kier alpha value is -1.47. The highest BCUT2D eigenvalue weighted by atomic mass is 32.3. The van der Waals surface area contributed by atoms with Crippen molar-refractivity contribution in [2.45, 2.75) is 25.2 Å². The van der Waals surface area contributed by atoms with Crippen molar-refractivity contribution in [1.29, 1.82) is 0 Å². The molecule has 1 amide bonds. The van der Waals surface area contributed by atoms with Gasteiger partial charge in [-0.2, -0.15) is 8.42 Å². The van der Waals surface area contributed by atoms with Gasteiger partial charge in [0.05, 0.1) is 6.61 Å². The number of hydrogen-bond donors (Lipinski definition) is 1. The number of amides is 1. The second kappa shape index (κ2) is 4.90. The lowest BCUT2D eigenvalue weighted by molar-refractivity contribution is -0.117. The van der Waals surface area contributed by atoms with Gasteiger partial charge in [0.15, 0.2) is 0 Å². The van der Waals surface area contributed by atoms with Gasteiger partial charge in [0, 0.05) is 24.2 Å². The van der Waals surface area contributed by atoms with E-state index in [0.29, 0.717) is 11.3 Å². The Kier molecular flexibility index (Phi) is 3.60.